The molecule has 1 aliphatic carbocycles. The number of hydrogen-bond donors (Lipinski definition) is 0. The van der Waals surface area contributed by atoms with Gasteiger partial charge in [-0.25, -0.2) is 0 Å². The normalized spacial score (nSPS) is 27.5. The molecular weight excluding hydrogens is 176 g/mol. The molecule has 2 nitrogen and oxygen atoms in total. The van der Waals surface area contributed by atoms with Crippen LogP contribution < -0.4 is 0 Å². The van der Waals surface area contributed by atoms with Crippen LogP contribution in [-0.4, -0.2) is 6.29 Å². The van der Waals surface area contributed by atoms with Crippen molar-refractivity contribution in [1.82, 2.24) is 0 Å². The maximum atomic E-state index is 10.9. The lowest BCUT2D eigenvalue weighted by atomic mass is 9.79. The number of carbonyl (C=O) groups is 1. The summed E-state index contributed by atoms with van der Waals surface area (Å²) >= 11 is 0. The second-order valence-electron chi connectivity index (χ2n) is 4.14. The van der Waals surface area contributed by atoms with Crippen LogP contribution in [0, 0.1) is 12.8 Å². The summed E-state index contributed by atoms with van der Waals surface area (Å²) < 4.78 is 5.60. The van der Waals surface area contributed by atoms with Gasteiger partial charge in [0.15, 0.2) is 0 Å². The second-order valence-corrected chi connectivity index (χ2v) is 4.14. The molecule has 0 radical (unpaired) electrons. The van der Waals surface area contributed by atoms with Crippen molar-refractivity contribution in [3.05, 3.63) is 23.7 Å². The summed E-state index contributed by atoms with van der Waals surface area (Å²) in [4.78, 5) is 10.9. The Kier molecular flexibility index (Phi) is 2.71. The molecule has 0 N–H and O–H groups in total. The van der Waals surface area contributed by atoms with Gasteiger partial charge in [-0.3, -0.25) is 0 Å². The molecule has 2 atom stereocenters. The van der Waals surface area contributed by atoms with Gasteiger partial charge >= 0.3 is 0 Å². The summed E-state index contributed by atoms with van der Waals surface area (Å²) in [5, 5.41) is 0. The van der Waals surface area contributed by atoms with Gasteiger partial charge in [-0.05, 0) is 31.9 Å². The summed E-state index contributed by atoms with van der Waals surface area (Å²) in [6, 6.07) is 3.99. The van der Waals surface area contributed by atoms with Crippen LogP contribution in [0.15, 0.2) is 16.5 Å². The predicted octanol–water partition coefficient (Wildman–Crippen LogP) is 3.06. The summed E-state index contributed by atoms with van der Waals surface area (Å²) in [5.41, 5.74) is 0. The lowest BCUT2D eigenvalue weighted by molar-refractivity contribution is -0.112. The lowest BCUT2D eigenvalue weighted by Gasteiger charge is -2.25. The molecule has 0 amide bonds. The minimum atomic E-state index is 0.175. The standard InChI is InChI=1S/C12H16O2/c1-9-6-7-12(14-9)11-5-3-2-4-10(11)8-13/h6-8,10-11H,2-5H2,1H3. The van der Waals surface area contributed by atoms with E-state index in [0.717, 1.165) is 30.6 Å². The topological polar surface area (TPSA) is 30.2 Å². The second kappa shape index (κ2) is 3.99. The fraction of sp³-hybridized carbons (Fsp3) is 0.583. The molecule has 2 rings (SSSR count). The van der Waals surface area contributed by atoms with Crippen molar-refractivity contribution < 1.29 is 9.21 Å². The Morgan fingerprint density at radius 2 is 2.14 bits per heavy atom. The Balaban J connectivity index is 2.18. The van der Waals surface area contributed by atoms with Crippen LogP contribution in [0.3, 0.4) is 0 Å². The molecule has 1 fully saturated rings. The Labute approximate surface area is 84.3 Å². The SMILES string of the molecule is Cc1ccc(C2CCCCC2C=O)o1. The first-order chi connectivity index (χ1) is 6.81. The Hall–Kier alpha value is -1.05. The third-order valence-corrected chi connectivity index (χ3v) is 3.12. The number of carbonyl (C=O) groups excluding carboxylic acids is 1. The summed E-state index contributed by atoms with van der Waals surface area (Å²) in [6.07, 6.45) is 5.61. The predicted molar refractivity (Wildman–Crippen MR) is 54.2 cm³/mol. The van der Waals surface area contributed by atoms with Crippen molar-refractivity contribution in [2.24, 2.45) is 5.92 Å². The fourth-order valence-corrected chi connectivity index (χ4v) is 2.33. The molecule has 1 saturated carbocycles. The van der Waals surface area contributed by atoms with Crippen LogP contribution >= 0.6 is 0 Å². The smallest absolute Gasteiger partial charge is 0.123 e. The molecule has 0 aliphatic heterocycles. The highest BCUT2D eigenvalue weighted by Crippen LogP contribution is 2.37. The van der Waals surface area contributed by atoms with Gasteiger partial charge in [0, 0.05) is 11.8 Å². The quantitative estimate of drug-likeness (QED) is 0.674. The molecule has 1 aromatic heterocycles. The molecule has 1 heterocycles. The van der Waals surface area contributed by atoms with Crippen molar-refractivity contribution in [2.45, 2.75) is 38.5 Å². The van der Waals surface area contributed by atoms with E-state index in [1.165, 1.54) is 12.8 Å². The lowest BCUT2D eigenvalue weighted by Crippen LogP contribution is -2.18. The van der Waals surface area contributed by atoms with E-state index in [1.807, 2.05) is 19.1 Å². The number of rotatable bonds is 2. The van der Waals surface area contributed by atoms with E-state index in [9.17, 15) is 4.79 Å². The minimum Gasteiger partial charge on any atom is -0.466 e. The van der Waals surface area contributed by atoms with Gasteiger partial charge < -0.3 is 9.21 Å². The summed E-state index contributed by atoms with van der Waals surface area (Å²) in [7, 11) is 0. The highest BCUT2D eigenvalue weighted by Gasteiger charge is 2.28. The zero-order valence-corrected chi connectivity index (χ0v) is 8.53. The Morgan fingerprint density at radius 3 is 2.79 bits per heavy atom. The molecule has 1 aliphatic rings. The third-order valence-electron chi connectivity index (χ3n) is 3.12. The van der Waals surface area contributed by atoms with Crippen LogP contribution in [0.25, 0.3) is 0 Å². The highest BCUT2D eigenvalue weighted by atomic mass is 16.3. The van der Waals surface area contributed by atoms with Crippen molar-refractivity contribution in [3.63, 3.8) is 0 Å². The largest absolute Gasteiger partial charge is 0.466 e. The zero-order valence-electron chi connectivity index (χ0n) is 8.53. The van der Waals surface area contributed by atoms with Crippen molar-refractivity contribution in [3.8, 4) is 0 Å². The average molecular weight is 192 g/mol. The third kappa shape index (κ3) is 1.74. The van der Waals surface area contributed by atoms with E-state index in [1.54, 1.807) is 0 Å². The van der Waals surface area contributed by atoms with Gasteiger partial charge in [-0.1, -0.05) is 12.8 Å². The van der Waals surface area contributed by atoms with Crippen molar-refractivity contribution in [1.29, 1.82) is 0 Å². The van der Waals surface area contributed by atoms with Crippen LogP contribution in [0.4, 0.5) is 0 Å². The first-order valence-electron chi connectivity index (χ1n) is 5.33. The molecule has 2 heteroatoms. The van der Waals surface area contributed by atoms with Gasteiger partial charge in [-0.15, -0.1) is 0 Å². The zero-order chi connectivity index (χ0) is 9.97. The minimum absolute atomic E-state index is 0.175. The Morgan fingerprint density at radius 1 is 1.36 bits per heavy atom. The molecule has 0 spiro atoms. The molecule has 14 heavy (non-hydrogen) atoms. The highest BCUT2D eigenvalue weighted by molar-refractivity contribution is 5.55. The van der Waals surface area contributed by atoms with Gasteiger partial charge in [0.1, 0.15) is 17.8 Å². The number of aldehydes is 1. The first-order valence-corrected chi connectivity index (χ1v) is 5.33. The molecular formula is C12H16O2. The molecule has 0 saturated heterocycles. The molecule has 76 valence electrons. The van der Waals surface area contributed by atoms with Crippen LogP contribution in [0.2, 0.25) is 0 Å². The summed E-state index contributed by atoms with van der Waals surface area (Å²) in [5.74, 6) is 2.44. The fourth-order valence-electron chi connectivity index (χ4n) is 2.33. The monoisotopic (exact) mass is 192 g/mol. The molecule has 1 aromatic rings. The van der Waals surface area contributed by atoms with E-state index in [-0.39, 0.29) is 5.92 Å². The van der Waals surface area contributed by atoms with E-state index < -0.39 is 0 Å². The van der Waals surface area contributed by atoms with Crippen LogP contribution in [0.5, 0.6) is 0 Å². The number of hydrogen-bond acceptors (Lipinski definition) is 2. The van der Waals surface area contributed by atoms with Crippen molar-refractivity contribution in [2.75, 3.05) is 0 Å². The van der Waals surface area contributed by atoms with Crippen molar-refractivity contribution >= 4 is 6.29 Å². The Bertz CT molecular complexity index is 314. The van der Waals surface area contributed by atoms with Gasteiger partial charge in [-0.2, -0.15) is 0 Å². The molecule has 2 unspecified atom stereocenters. The van der Waals surface area contributed by atoms with E-state index in [0.29, 0.717) is 5.92 Å². The van der Waals surface area contributed by atoms with E-state index in [2.05, 4.69) is 0 Å². The maximum Gasteiger partial charge on any atom is 0.123 e. The molecule has 0 aromatic carbocycles. The maximum absolute atomic E-state index is 10.9. The number of aryl methyl sites for hydroxylation is 1. The number of furan rings is 1. The van der Waals surface area contributed by atoms with Gasteiger partial charge in [0.2, 0.25) is 0 Å². The van der Waals surface area contributed by atoms with Crippen LogP contribution in [0.1, 0.15) is 43.1 Å². The van der Waals surface area contributed by atoms with E-state index in [4.69, 9.17) is 4.42 Å². The van der Waals surface area contributed by atoms with Gasteiger partial charge in [0.05, 0.1) is 0 Å². The average Bonchev–Trinajstić information content (AvgIpc) is 2.65. The summed E-state index contributed by atoms with van der Waals surface area (Å²) in [6.45, 7) is 1.95. The van der Waals surface area contributed by atoms with Crippen LogP contribution in [-0.2, 0) is 4.79 Å². The molecule has 0 bridgehead atoms. The first kappa shape index (κ1) is 9.50. The van der Waals surface area contributed by atoms with Gasteiger partial charge in [0.25, 0.3) is 0 Å². The van der Waals surface area contributed by atoms with E-state index >= 15 is 0 Å².